The number of fused-ring (bicyclic) bond motifs is 3. The number of benzene rings is 1. The van der Waals surface area contributed by atoms with Gasteiger partial charge in [0.2, 0.25) is 0 Å². The Hall–Kier alpha value is -1.51. The third-order valence-corrected chi connectivity index (χ3v) is 3.02. The smallest absolute Gasteiger partial charge is 0.251 e. The van der Waals surface area contributed by atoms with Crippen molar-refractivity contribution in [3.63, 3.8) is 0 Å². The van der Waals surface area contributed by atoms with Crippen LogP contribution < -0.4 is 10.6 Å². The average Bonchev–Trinajstić information content (AvgIpc) is 2.61. The number of amides is 1. The van der Waals surface area contributed by atoms with Crippen LogP contribution in [0.4, 0.5) is 5.69 Å². The van der Waals surface area contributed by atoms with Crippen LogP contribution >= 0.6 is 0 Å². The first-order valence-electron chi connectivity index (χ1n) is 5.03. The first kappa shape index (κ1) is 7.85. The molecule has 2 aliphatic rings. The van der Waals surface area contributed by atoms with Gasteiger partial charge in [0, 0.05) is 24.3 Å². The molecule has 0 saturated heterocycles. The Morgan fingerprint density at radius 3 is 3.00 bits per heavy atom. The van der Waals surface area contributed by atoms with E-state index in [1.807, 2.05) is 12.1 Å². The predicted octanol–water partition coefficient (Wildman–Crippen LogP) is 1.29. The molecule has 0 unspecified atom stereocenters. The number of hydrogen-bond acceptors (Lipinski definition) is 2. The zero-order valence-electron chi connectivity index (χ0n) is 7.89. The summed E-state index contributed by atoms with van der Waals surface area (Å²) >= 11 is 0. The highest BCUT2D eigenvalue weighted by atomic mass is 16.1. The topological polar surface area (TPSA) is 41.1 Å². The summed E-state index contributed by atoms with van der Waals surface area (Å²) in [6.07, 6.45) is 2.26. The number of rotatable bonds is 0. The van der Waals surface area contributed by atoms with E-state index in [0.717, 1.165) is 24.9 Å². The third-order valence-electron chi connectivity index (χ3n) is 3.02. The number of hydrogen-bond donors (Lipinski definition) is 2. The fraction of sp³-hybridized carbons (Fsp3) is 0.364. The zero-order valence-corrected chi connectivity index (χ0v) is 7.89. The normalized spacial score (nSPS) is 18.1. The Morgan fingerprint density at radius 1 is 1.14 bits per heavy atom. The monoisotopic (exact) mass is 188 g/mol. The molecular weight excluding hydrogens is 176 g/mol. The van der Waals surface area contributed by atoms with E-state index in [2.05, 4.69) is 10.6 Å². The van der Waals surface area contributed by atoms with E-state index in [9.17, 15) is 4.79 Å². The maximum atomic E-state index is 11.4. The van der Waals surface area contributed by atoms with Crippen LogP contribution in [-0.4, -0.2) is 12.5 Å². The maximum absolute atomic E-state index is 11.4. The molecule has 72 valence electrons. The highest BCUT2D eigenvalue weighted by Crippen LogP contribution is 2.30. The van der Waals surface area contributed by atoms with Crippen LogP contribution in [0.5, 0.6) is 0 Å². The highest BCUT2D eigenvalue weighted by molar-refractivity contribution is 5.99. The molecule has 3 nitrogen and oxygen atoms in total. The highest BCUT2D eigenvalue weighted by Gasteiger charge is 2.24. The van der Waals surface area contributed by atoms with E-state index in [4.69, 9.17) is 0 Å². The van der Waals surface area contributed by atoms with Gasteiger partial charge in [0.25, 0.3) is 5.91 Å². The van der Waals surface area contributed by atoms with Crippen molar-refractivity contribution in [3.05, 3.63) is 28.8 Å². The Bertz CT molecular complexity index is 412. The van der Waals surface area contributed by atoms with E-state index in [1.54, 1.807) is 0 Å². The molecule has 0 radical (unpaired) electrons. The van der Waals surface area contributed by atoms with E-state index >= 15 is 0 Å². The lowest BCUT2D eigenvalue weighted by molar-refractivity contribution is 0.0966. The summed E-state index contributed by atoms with van der Waals surface area (Å²) in [4.78, 5) is 11.4. The van der Waals surface area contributed by atoms with E-state index < -0.39 is 0 Å². The quantitative estimate of drug-likeness (QED) is 0.644. The van der Waals surface area contributed by atoms with E-state index in [0.29, 0.717) is 6.54 Å². The van der Waals surface area contributed by atoms with Crippen molar-refractivity contribution in [1.82, 2.24) is 5.32 Å². The van der Waals surface area contributed by atoms with Gasteiger partial charge in [0.15, 0.2) is 0 Å². The molecule has 0 bridgehead atoms. The maximum Gasteiger partial charge on any atom is 0.251 e. The van der Waals surface area contributed by atoms with Crippen LogP contribution in [0.2, 0.25) is 0 Å². The zero-order chi connectivity index (χ0) is 9.54. The van der Waals surface area contributed by atoms with Gasteiger partial charge in [-0.3, -0.25) is 4.79 Å². The lowest BCUT2D eigenvalue weighted by Crippen LogP contribution is -2.13. The molecule has 3 heteroatoms. The molecule has 1 aromatic rings. The van der Waals surface area contributed by atoms with Crippen molar-refractivity contribution in [1.29, 1.82) is 0 Å². The van der Waals surface area contributed by atoms with Gasteiger partial charge in [-0.2, -0.15) is 0 Å². The van der Waals surface area contributed by atoms with Gasteiger partial charge in [-0.15, -0.1) is 0 Å². The van der Waals surface area contributed by atoms with Crippen LogP contribution in [0, 0.1) is 0 Å². The van der Waals surface area contributed by atoms with Gasteiger partial charge < -0.3 is 10.6 Å². The van der Waals surface area contributed by atoms with Crippen molar-refractivity contribution in [2.24, 2.45) is 0 Å². The van der Waals surface area contributed by atoms with Crippen LogP contribution in [0.15, 0.2) is 12.1 Å². The van der Waals surface area contributed by atoms with Crippen LogP contribution in [0.3, 0.4) is 0 Å². The first-order valence-corrected chi connectivity index (χ1v) is 5.03. The predicted molar refractivity (Wildman–Crippen MR) is 54.4 cm³/mol. The van der Waals surface area contributed by atoms with Gasteiger partial charge in [0.05, 0.1) is 0 Å². The average molecular weight is 188 g/mol. The Balaban J connectivity index is 2.20. The number of carbonyl (C=O) groups excluding carboxylic acids is 1. The SMILES string of the molecule is O=C1NCc2c1ccc1c2CCCN1. The fourth-order valence-corrected chi connectivity index (χ4v) is 2.31. The molecule has 2 aliphatic heterocycles. The summed E-state index contributed by atoms with van der Waals surface area (Å²) in [7, 11) is 0. The van der Waals surface area contributed by atoms with Crippen molar-refractivity contribution < 1.29 is 4.79 Å². The van der Waals surface area contributed by atoms with Crippen LogP contribution in [0.1, 0.15) is 27.9 Å². The molecule has 2 N–H and O–H groups in total. The van der Waals surface area contributed by atoms with E-state index in [-0.39, 0.29) is 5.91 Å². The van der Waals surface area contributed by atoms with Crippen molar-refractivity contribution in [2.75, 3.05) is 11.9 Å². The summed E-state index contributed by atoms with van der Waals surface area (Å²) < 4.78 is 0. The van der Waals surface area contributed by atoms with Gasteiger partial charge >= 0.3 is 0 Å². The van der Waals surface area contributed by atoms with Crippen LogP contribution in [-0.2, 0) is 13.0 Å². The van der Waals surface area contributed by atoms with Gasteiger partial charge in [0.1, 0.15) is 0 Å². The Kier molecular flexibility index (Phi) is 1.54. The third kappa shape index (κ3) is 0.953. The van der Waals surface area contributed by atoms with Gasteiger partial charge in [-0.1, -0.05) is 0 Å². The second-order valence-electron chi connectivity index (χ2n) is 3.83. The largest absolute Gasteiger partial charge is 0.385 e. The summed E-state index contributed by atoms with van der Waals surface area (Å²) in [5.74, 6) is 0.0772. The Labute approximate surface area is 82.5 Å². The number of carbonyl (C=O) groups is 1. The molecule has 14 heavy (non-hydrogen) atoms. The van der Waals surface area contributed by atoms with Gasteiger partial charge in [-0.25, -0.2) is 0 Å². The molecule has 0 aliphatic carbocycles. The summed E-state index contributed by atoms with van der Waals surface area (Å²) in [6, 6.07) is 3.95. The molecule has 0 fully saturated rings. The molecule has 1 amide bonds. The standard InChI is InChI=1S/C11H12N2O/c14-11-8-3-4-10-7(2-1-5-12-10)9(8)6-13-11/h3-4,12H,1-2,5-6H2,(H,13,14). The molecule has 3 rings (SSSR count). The van der Waals surface area contributed by atoms with E-state index in [1.165, 1.54) is 16.8 Å². The minimum absolute atomic E-state index is 0.0772. The van der Waals surface area contributed by atoms with Crippen molar-refractivity contribution in [2.45, 2.75) is 19.4 Å². The lowest BCUT2D eigenvalue weighted by Gasteiger charge is -2.20. The summed E-state index contributed by atoms with van der Waals surface area (Å²) in [5.41, 5.74) is 4.63. The second-order valence-corrected chi connectivity index (χ2v) is 3.83. The molecule has 0 spiro atoms. The van der Waals surface area contributed by atoms with Crippen molar-refractivity contribution >= 4 is 11.6 Å². The fourth-order valence-electron chi connectivity index (χ4n) is 2.31. The molecular formula is C11H12N2O. The number of nitrogens with one attached hydrogen (secondary N) is 2. The summed E-state index contributed by atoms with van der Waals surface area (Å²) in [6.45, 7) is 1.76. The minimum atomic E-state index is 0.0772. The molecule has 0 atom stereocenters. The molecule has 0 saturated carbocycles. The molecule has 2 heterocycles. The Morgan fingerprint density at radius 2 is 2.07 bits per heavy atom. The molecule has 0 aromatic heterocycles. The molecule has 1 aromatic carbocycles. The number of anilines is 1. The second kappa shape index (κ2) is 2.74. The lowest BCUT2D eigenvalue weighted by atomic mass is 9.95. The minimum Gasteiger partial charge on any atom is -0.385 e. The van der Waals surface area contributed by atoms with Crippen molar-refractivity contribution in [3.8, 4) is 0 Å². The van der Waals surface area contributed by atoms with Crippen LogP contribution in [0.25, 0.3) is 0 Å². The van der Waals surface area contributed by atoms with Gasteiger partial charge in [-0.05, 0) is 36.1 Å². The summed E-state index contributed by atoms with van der Waals surface area (Å²) in [5, 5.41) is 6.24. The first-order chi connectivity index (χ1) is 6.86.